The second-order valence-electron chi connectivity index (χ2n) is 8.41. The fourth-order valence-corrected chi connectivity index (χ4v) is 26.8. The Labute approximate surface area is 145 Å². The van der Waals surface area contributed by atoms with Gasteiger partial charge in [-0.1, -0.05) is 0 Å². The van der Waals surface area contributed by atoms with Crippen molar-refractivity contribution in [3.63, 3.8) is 0 Å². The van der Waals surface area contributed by atoms with Crippen LogP contribution in [0.1, 0.15) is 41.5 Å². The van der Waals surface area contributed by atoms with Crippen LogP contribution < -0.4 is 0 Å². The molecule has 2 rings (SSSR count). The van der Waals surface area contributed by atoms with Gasteiger partial charge in [-0.2, -0.15) is 0 Å². The van der Waals surface area contributed by atoms with Gasteiger partial charge in [0.2, 0.25) is 0 Å². The summed E-state index contributed by atoms with van der Waals surface area (Å²) in [7, 11) is -1.68. The van der Waals surface area contributed by atoms with Gasteiger partial charge in [0.15, 0.2) is 0 Å². The van der Waals surface area contributed by atoms with Gasteiger partial charge in [-0.3, -0.25) is 0 Å². The predicted molar refractivity (Wildman–Crippen MR) is 102 cm³/mol. The molecule has 1 radical (unpaired) electrons. The molecule has 0 saturated carbocycles. The summed E-state index contributed by atoms with van der Waals surface area (Å²) in [6, 6.07) is 8.57. The van der Waals surface area contributed by atoms with E-state index in [0.29, 0.717) is 0 Å². The maximum absolute atomic E-state index is 5.23. The molecule has 0 aliphatic carbocycles. The average molecular weight is 401 g/mol. The number of hydrogen-bond donors (Lipinski definition) is 0. The van der Waals surface area contributed by atoms with E-state index in [9.17, 15) is 0 Å². The van der Waals surface area contributed by atoms with E-state index in [-0.39, 0.29) is 11.1 Å². The molecule has 0 N–H and O–H groups in total. The Morgan fingerprint density at radius 3 is 1.68 bits per heavy atom. The zero-order valence-corrected chi connectivity index (χ0v) is 18.7. The van der Waals surface area contributed by atoms with E-state index in [1.54, 1.807) is 0 Å². The fraction of sp³-hybridized carbons (Fsp3) is 0.625. The van der Waals surface area contributed by atoms with Crippen molar-refractivity contribution in [2.24, 2.45) is 4.74 Å². The SMILES string of the molecule is CC(C)(C)N1[Si](C)(C)N(C(C)(C)C)P1([Se])=Nc1ccccc1. The molecule has 0 unspecified atom stereocenters. The number of benzene rings is 1. The predicted octanol–water partition coefficient (Wildman–Crippen LogP) is 5.35. The first-order valence-electron chi connectivity index (χ1n) is 7.81. The molecule has 1 heterocycles. The van der Waals surface area contributed by atoms with Crippen LogP contribution in [0.25, 0.3) is 0 Å². The molecule has 1 aliphatic heterocycles. The molecule has 6 heteroatoms. The molecule has 1 saturated heterocycles. The van der Waals surface area contributed by atoms with Crippen LogP contribution in [0.2, 0.25) is 13.1 Å². The van der Waals surface area contributed by atoms with Crippen LogP contribution in [0.3, 0.4) is 0 Å². The summed E-state index contributed by atoms with van der Waals surface area (Å²) < 4.78 is 10.7. The molecule has 0 spiro atoms. The Morgan fingerprint density at radius 2 is 1.32 bits per heavy atom. The van der Waals surface area contributed by atoms with E-state index < -0.39 is 14.4 Å². The Bertz CT molecular complexity index is 574. The van der Waals surface area contributed by atoms with Crippen LogP contribution in [0.5, 0.6) is 0 Å². The van der Waals surface area contributed by atoms with E-state index in [2.05, 4.69) is 103 Å². The first kappa shape index (κ1) is 18.4. The van der Waals surface area contributed by atoms with Crippen molar-refractivity contribution < 1.29 is 0 Å². The summed E-state index contributed by atoms with van der Waals surface area (Å²) in [6.07, 6.45) is 0. The third-order valence-electron chi connectivity index (χ3n) is 3.83. The van der Waals surface area contributed by atoms with E-state index in [4.69, 9.17) is 4.74 Å². The quantitative estimate of drug-likeness (QED) is 0.467. The summed E-state index contributed by atoms with van der Waals surface area (Å²) in [6.45, 7) is 18.8. The number of hydrogen-bond acceptors (Lipinski definition) is 1. The first-order chi connectivity index (χ1) is 9.81. The molecule has 1 aromatic rings. The Hall–Kier alpha value is 0.106. The van der Waals surface area contributed by atoms with Gasteiger partial charge >= 0.3 is 145 Å². The molecule has 1 aliphatic rings. The molecule has 123 valence electrons. The molecule has 0 bridgehead atoms. The molecule has 22 heavy (non-hydrogen) atoms. The standard InChI is InChI=1S/C16H29N3PSeSi/c1-15(2,3)18-20(21,17-14-12-10-9-11-13-14)19(16(4,5)6)22(18,7)8/h9-13H,1-8H3. The number of nitrogens with zero attached hydrogens (tertiary/aromatic N) is 3. The monoisotopic (exact) mass is 402 g/mol. The van der Waals surface area contributed by atoms with E-state index in [0.717, 1.165) is 5.69 Å². The third kappa shape index (κ3) is 3.04. The fourth-order valence-electron chi connectivity index (χ4n) is 3.94. The maximum atomic E-state index is 5.23. The second kappa shape index (κ2) is 5.58. The van der Waals surface area contributed by atoms with E-state index in [1.807, 2.05) is 6.07 Å². The van der Waals surface area contributed by atoms with Crippen LogP contribution in [0.15, 0.2) is 35.1 Å². The van der Waals surface area contributed by atoms with Gasteiger partial charge in [0.25, 0.3) is 0 Å². The van der Waals surface area contributed by atoms with Crippen molar-refractivity contribution in [1.29, 1.82) is 0 Å². The van der Waals surface area contributed by atoms with Crippen molar-refractivity contribution in [1.82, 2.24) is 8.67 Å². The second-order valence-corrected chi connectivity index (χ2v) is 18.2. The molecule has 0 atom stereocenters. The van der Waals surface area contributed by atoms with Gasteiger partial charge in [-0.15, -0.1) is 0 Å². The molecule has 0 amide bonds. The summed E-state index contributed by atoms with van der Waals surface area (Å²) in [5.74, 6) is 0. The third-order valence-corrected chi connectivity index (χ3v) is 19.1. The minimum absolute atomic E-state index is 0.120. The van der Waals surface area contributed by atoms with Gasteiger partial charge in [0, 0.05) is 0 Å². The molecule has 0 aromatic heterocycles. The average Bonchev–Trinajstić information content (AvgIpc) is 2.23. The molecule has 1 aromatic carbocycles. The van der Waals surface area contributed by atoms with Crippen molar-refractivity contribution in [3.8, 4) is 0 Å². The van der Waals surface area contributed by atoms with Crippen molar-refractivity contribution in [3.05, 3.63) is 30.3 Å². The Morgan fingerprint density at radius 1 is 0.909 bits per heavy atom. The summed E-state index contributed by atoms with van der Waals surface area (Å²) in [5, 5.41) is 0. The molecular weight excluding hydrogens is 372 g/mol. The van der Waals surface area contributed by atoms with Gasteiger partial charge in [-0.25, -0.2) is 0 Å². The molecular formula is C16H29N3PSeSi. The van der Waals surface area contributed by atoms with Crippen LogP contribution in [0, 0.1) is 0 Å². The van der Waals surface area contributed by atoms with Gasteiger partial charge in [-0.05, 0) is 0 Å². The summed E-state index contributed by atoms with van der Waals surface area (Å²) in [5.41, 5.74) is 1.31. The van der Waals surface area contributed by atoms with Gasteiger partial charge in [0.1, 0.15) is 0 Å². The van der Waals surface area contributed by atoms with Crippen molar-refractivity contribution >= 4 is 35.7 Å². The van der Waals surface area contributed by atoms with E-state index >= 15 is 0 Å². The van der Waals surface area contributed by atoms with Crippen LogP contribution >= 0.6 is 6.05 Å². The summed E-state index contributed by atoms with van der Waals surface area (Å²) in [4.78, 5) is 0. The topological polar surface area (TPSA) is 18.8 Å². The normalized spacial score (nSPS) is 22.2. The number of rotatable bonds is 1. The van der Waals surface area contributed by atoms with Crippen LogP contribution in [0.4, 0.5) is 5.69 Å². The van der Waals surface area contributed by atoms with Gasteiger partial charge in [0.05, 0.1) is 0 Å². The van der Waals surface area contributed by atoms with Crippen molar-refractivity contribution in [2.45, 2.75) is 65.7 Å². The van der Waals surface area contributed by atoms with Crippen molar-refractivity contribution in [2.75, 3.05) is 0 Å². The first-order valence-corrected chi connectivity index (χ1v) is 14.6. The zero-order valence-electron chi connectivity index (χ0n) is 15.1. The van der Waals surface area contributed by atoms with Crippen LogP contribution in [-0.4, -0.2) is 43.7 Å². The molecule has 3 nitrogen and oxygen atoms in total. The van der Waals surface area contributed by atoms with Gasteiger partial charge < -0.3 is 0 Å². The zero-order chi connectivity index (χ0) is 17.0. The summed E-state index contributed by atoms with van der Waals surface area (Å²) >= 11 is 3.54. The van der Waals surface area contributed by atoms with E-state index in [1.165, 1.54) is 0 Å². The molecule has 1 fully saturated rings. The Balaban J connectivity index is 2.64. The minimum atomic E-state index is -1.82. The Kier molecular flexibility index (Phi) is 4.68. The van der Waals surface area contributed by atoms with Crippen LogP contribution in [-0.2, 0) is 0 Å².